The molecule has 0 saturated heterocycles. The van der Waals surface area contributed by atoms with Crippen LogP contribution in [-0.2, 0) is 16.4 Å². The minimum atomic E-state index is -3.55. The molecule has 7 heteroatoms. The summed E-state index contributed by atoms with van der Waals surface area (Å²) in [5, 5.41) is 6.12. The Hall–Kier alpha value is -1.53. The van der Waals surface area contributed by atoms with Crippen molar-refractivity contribution in [1.82, 2.24) is 0 Å². The highest BCUT2D eigenvalue weighted by atomic mass is 35.5. The SMILES string of the molecule is Cc1c(S(=O)(=O)c2ccc(Cl)cc2)csc1CNc1cccc(Cl)c1. The van der Waals surface area contributed by atoms with Crippen molar-refractivity contribution in [2.45, 2.75) is 23.3 Å². The highest BCUT2D eigenvalue weighted by Gasteiger charge is 2.22. The smallest absolute Gasteiger partial charge is 0.207 e. The fourth-order valence-electron chi connectivity index (χ4n) is 2.40. The summed E-state index contributed by atoms with van der Waals surface area (Å²) in [5.41, 5.74) is 1.65. The van der Waals surface area contributed by atoms with Crippen LogP contribution in [0.3, 0.4) is 0 Å². The van der Waals surface area contributed by atoms with Gasteiger partial charge in [0.1, 0.15) is 0 Å². The number of hydrogen-bond acceptors (Lipinski definition) is 4. The fourth-order valence-corrected chi connectivity index (χ4v) is 5.57. The van der Waals surface area contributed by atoms with Crippen LogP contribution in [0.25, 0.3) is 0 Å². The number of hydrogen-bond donors (Lipinski definition) is 1. The predicted molar refractivity (Wildman–Crippen MR) is 105 cm³/mol. The van der Waals surface area contributed by atoms with Crippen LogP contribution in [0, 0.1) is 6.92 Å². The zero-order chi connectivity index (χ0) is 18.0. The van der Waals surface area contributed by atoms with E-state index in [2.05, 4.69) is 5.32 Å². The molecule has 3 aromatic rings. The van der Waals surface area contributed by atoms with E-state index in [1.165, 1.54) is 23.5 Å². The Morgan fingerprint density at radius 3 is 2.44 bits per heavy atom. The van der Waals surface area contributed by atoms with Gasteiger partial charge in [0.2, 0.25) is 9.84 Å². The summed E-state index contributed by atoms with van der Waals surface area (Å²) in [6.07, 6.45) is 0. The van der Waals surface area contributed by atoms with Gasteiger partial charge in [0, 0.05) is 32.5 Å². The van der Waals surface area contributed by atoms with E-state index in [-0.39, 0.29) is 4.90 Å². The van der Waals surface area contributed by atoms with Crippen LogP contribution in [0.15, 0.2) is 63.7 Å². The van der Waals surface area contributed by atoms with Gasteiger partial charge in [-0.1, -0.05) is 29.3 Å². The fraction of sp³-hybridized carbons (Fsp3) is 0.111. The van der Waals surface area contributed by atoms with Gasteiger partial charge in [-0.3, -0.25) is 0 Å². The second-order valence-electron chi connectivity index (χ2n) is 5.47. The molecule has 3 rings (SSSR count). The van der Waals surface area contributed by atoms with E-state index >= 15 is 0 Å². The minimum absolute atomic E-state index is 0.243. The van der Waals surface area contributed by atoms with Gasteiger partial charge < -0.3 is 5.32 Å². The maximum absolute atomic E-state index is 12.8. The Bertz CT molecular complexity index is 996. The largest absolute Gasteiger partial charge is 0.380 e. The van der Waals surface area contributed by atoms with Crippen LogP contribution in [-0.4, -0.2) is 8.42 Å². The number of rotatable bonds is 5. The number of sulfone groups is 1. The normalized spacial score (nSPS) is 11.5. The molecule has 130 valence electrons. The second kappa shape index (κ2) is 7.38. The van der Waals surface area contributed by atoms with E-state index in [1.807, 2.05) is 25.1 Å². The Morgan fingerprint density at radius 2 is 1.76 bits per heavy atom. The first kappa shape index (κ1) is 18.3. The lowest BCUT2D eigenvalue weighted by atomic mass is 10.2. The zero-order valence-corrected chi connectivity index (χ0v) is 16.4. The molecule has 0 aliphatic heterocycles. The maximum atomic E-state index is 12.8. The summed E-state index contributed by atoms with van der Waals surface area (Å²) in [5.74, 6) is 0. The van der Waals surface area contributed by atoms with Crippen LogP contribution in [0.2, 0.25) is 10.0 Å². The third-order valence-corrected chi connectivity index (χ3v) is 7.41. The summed E-state index contributed by atoms with van der Waals surface area (Å²) in [6.45, 7) is 2.36. The first-order valence-corrected chi connectivity index (χ1v) is 10.6. The number of thiophene rings is 1. The maximum Gasteiger partial charge on any atom is 0.207 e. The van der Waals surface area contributed by atoms with E-state index in [1.54, 1.807) is 23.6 Å². The summed E-state index contributed by atoms with van der Waals surface area (Å²) in [7, 11) is -3.55. The Labute approximate surface area is 161 Å². The number of halogens is 2. The topological polar surface area (TPSA) is 46.2 Å². The monoisotopic (exact) mass is 411 g/mol. The van der Waals surface area contributed by atoms with Gasteiger partial charge >= 0.3 is 0 Å². The summed E-state index contributed by atoms with van der Waals surface area (Å²) < 4.78 is 25.6. The van der Waals surface area contributed by atoms with Gasteiger partial charge in [-0.05, 0) is 55.0 Å². The van der Waals surface area contributed by atoms with Gasteiger partial charge in [0.05, 0.1) is 9.79 Å². The molecule has 0 bridgehead atoms. The molecule has 0 amide bonds. The summed E-state index contributed by atoms with van der Waals surface area (Å²) in [4.78, 5) is 1.54. The Kier molecular flexibility index (Phi) is 5.39. The number of nitrogens with one attached hydrogen (secondary N) is 1. The van der Waals surface area contributed by atoms with Crippen LogP contribution >= 0.6 is 34.5 Å². The van der Waals surface area contributed by atoms with Gasteiger partial charge in [0.25, 0.3) is 0 Å². The van der Waals surface area contributed by atoms with Crippen LogP contribution in [0.1, 0.15) is 10.4 Å². The minimum Gasteiger partial charge on any atom is -0.380 e. The lowest BCUT2D eigenvalue weighted by Crippen LogP contribution is -2.04. The lowest BCUT2D eigenvalue weighted by molar-refractivity contribution is 0.596. The average Bonchev–Trinajstić information content (AvgIpc) is 2.95. The van der Waals surface area contributed by atoms with Crippen LogP contribution in [0.4, 0.5) is 5.69 Å². The molecule has 0 radical (unpaired) electrons. The molecule has 2 aromatic carbocycles. The van der Waals surface area contributed by atoms with Crippen molar-refractivity contribution >= 4 is 50.1 Å². The molecule has 0 fully saturated rings. The third-order valence-electron chi connectivity index (χ3n) is 3.79. The predicted octanol–water partition coefficient (Wildman–Crippen LogP) is 5.81. The molecule has 1 heterocycles. The third kappa shape index (κ3) is 4.01. The molecule has 1 aromatic heterocycles. The van der Waals surface area contributed by atoms with Crippen LogP contribution < -0.4 is 5.32 Å². The quantitative estimate of drug-likeness (QED) is 0.575. The van der Waals surface area contributed by atoms with Crippen molar-refractivity contribution in [3.8, 4) is 0 Å². The molecule has 0 unspecified atom stereocenters. The highest BCUT2D eigenvalue weighted by Crippen LogP contribution is 2.31. The molecule has 0 saturated carbocycles. The standard InChI is InChI=1S/C18H15Cl2NO2S2/c1-12-17(10-21-15-4-2-3-14(20)9-15)24-11-18(12)25(22,23)16-7-5-13(19)6-8-16/h2-9,11,21H,10H2,1H3. The van der Waals surface area contributed by atoms with Gasteiger partial charge in [-0.15, -0.1) is 11.3 Å². The van der Waals surface area contributed by atoms with E-state index in [4.69, 9.17) is 23.2 Å². The first-order chi connectivity index (χ1) is 11.9. The highest BCUT2D eigenvalue weighted by molar-refractivity contribution is 7.91. The molecule has 0 aliphatic rings. The van der Waals surface area contributed by atoms with Crippen molar-refractivity contribution in [2.75, 3.05) is 5.32 Å². The lowest BCUT2D eigenvalue weighted by Gasteiger charge is -2.08. The van der Waals surface area contributed by atoms with E-state index in [9.17, 15) is 8.42 Å². The van der Waals surface area contributed by atoms with Crippen molar-refractivity contribution < 1.29 is 8.42 Å². The van der Waals surface area contributed by atoms with Crippen molar-refractivity contribution in [1.29, 1.82) is 0 Å². The summed E-state index contributed by atoms with van der Waals surface area (Å²) >= 11 is 13.2. The zero-order valence-electron chi connectivity index (χ0n) is 13.3. The average molecular weight is 412 g/mol. The number of anilines is 1. The second-order valence-corrected chi connectivity index (χ2v) is 9.22. The Balaban J connectivity index is 1.84. The molecule has 0 spiro atoms. The molecular weight excluding hydrogens is 397 g/mol. The van der Waals surface area contributed by atoms with Crippen molar-refractivity contribution in [2.24, 2.45) is 0 Å². The van der Waals surface area contributed by atoms with Gasteiger partial charge in [-0.25, -0.2) is 8.42 Å². The Morgan fingerprint density at radius 1 is 1.04 bits per heavy atom. The van der Waals surface area contributed by atoms with Crippen molar-refractivity contribution in [3.05, 3.63) is 74.4 Å². The van der Waals surface area contributed by atoms with Gasteiger partial charge in [0.15, 0.2) is 0 Å². The summed E-state index contributed by atoms with van der Waals surface area (Å²) in [6, 6.07) is 13.6. The van der Waals surface area contributed by atoms with E-state index in [0.717, 1.165) is 16.1 Å². The molecule has 25 heavy (non-hydrogen) atoms. The molecule has 3 nitrogen and oxygen atoms in total. The number of benzene rings is 2. The van der Waals surface area contributed by atoms with E-state index < -0.39 is 9.84 Å². The van der Waals surface area contributed by atoms with Crippen LogP contribution in [0.5, 0.6) is 0 Å². The molecule has 0 aliphatic carbocycles. The molecular formula is C18H15Cl2NO2S2. The first-order valence-electron chi connectivity index (χ1n) is 7.45. The van der Waals surface area contributed by atoms with Crippen molar-refractivity contribution in [3.63, 3.8) is 0 Å². The molecule has 1 N–H and O–H groups in total. The van der Waals surface area contributed by atoms with Gasteiger partial charge in [-0.2, -0.15) is 0 Å². The molecule has 0 atom stereocenters. The van der Waals surface area contributed by atoms with E-state index in [0.29, 0.717) is 21.5 Å².